The number of nitrogens with two attached hydrogens (primary N) is 1. The van der Waals surface area contributed by atoms with Crippen molar-refractivity contribution in [3.05, 3.63) is 47.5 Å². The summed E-state index contributed by atoms with van der Waals surface area (Å²) in [6.45, 7) is 0.585. The standard InChI is InChI=1S/C15H16ClNO2S/c1-18-11-5-7-12(8-6-11)19-9-10-20-15-13(16)3-2-4-14(15)17/h2-8H,9-10,17H2,1H3. The Bertz CT molecular complexity index is 540. The maximum absolute atomic E-state index is 6.10. The van der Waals surface area contributed by atoms with Gasteiger partial charge in [0.05, 0.1) is 18.7 Å². The van der Waals surface area contributed by atoms with Gasteiger partial charge in [0.2, 0.25) is 0 Å². The van der Waals surface area contributed by atoms with Crippen LogP contribution in [0.4, 0.5) is 5.69 Å². The molecule has 5 heteroatoms. The van der Waals surface area contributed by atoms with Crippen molar-refractivity contribution in [3.63, 3.8) is 0 Å². The second kappa shape index (κ2) is 7.31. The fourth-order valence-electron chi connectivity index (χ4n) is 1.65. The van der Waals surface area contributed by atoms with E-state index < -0.39 is 0 Å². The molecule has 2 aromatic rings. The van der Waals surface area contributed by atoms with Crippen LogP contribution < -0.4 is 15.2 Å². The highest BCUT2D eigenvalue weighted by molar-refractivity contribution is 7.99. The van der Waals surface area contributed by atoms with Crippen LogP contribution in [0.1, 0.15) is 0 Å². The van der Waals surface area contributed by atoms with Gasteiger partial charge in [-0.05, 0) is 36.4 Å². The fraction of sp³-hybridized carbons (Fsp3) is 0.200. The van der Waals surface area contributed by atoms with E-state index in [4.69, 9.17) is 26.8 Å². The molecule has 2 N–H and O–H groups in total. The number of ether oxygens (including phenoxy) is 2. The minimum Gasteiger partial charge on any atom is -0.497 e. The van der Waals surface area contributed by atoms with Crippen molar-refractivity contribution in [3.8, 4) is 11.5 Å². The van der Waals surface area contributed by atoms with Crippen molar-refractivity contribution in [1.82, 2.24) is 0 Å². The van der Waals surface area contributed by atoms with E-state index in [0.717, 1.165) is 22.1 Å². The van der Waals surface area contributed by atoms with E-state index in [1.165, 1.54) is 0 Å². The van der Waals surface area contributed by atoms with Crippen molar-refractivity contribution < 1.29 is 9.47 Å². The lowest BCUT2D eigenvalue weighted by Gasteiger charge is -2.09. The summed E-state index contributed by atoms with van der Waals surface area (Å²) in [4.78, 5) is 0.910. The van der Waals surface area contributed by atoms with Crippen LogP contribution in [0.2, 0.25) is 5.02 Å². The maximum Gasteiger partial charge on any atom is 0.119 e. The minimum atomic E-state index is 0.585. The predicted octanol–water partition coefficient (Wildman–Crippen LogP) is 4.10. The molecule has 0 bridgehead atoms. The molecule has 0 atom stereocenters. The lowest BCUT2D eigenvalue weighted by molar-refractivity contribution is 0.342. The third-order valence-corrected chi connectivity index (χ3v) is 4.20. The molecule has 0 radical (unpaired) electrons. The molecule has 2 rings (SSSR count). The lowest BCUT2D eigenvalue weighted by Crippen LogP contribution is -2.01. The second-order valence-corrected chi connectivity index (χ2v) is 5.54. The third kappa shape index (κ3) is 3.99. The molecule has 0 saturated heterocycles. The Morgan fingerprint density at radius 3 is 2.45 bits per heavy atom. The van der Waals surface area contributed by atoms with E-state index in [1.54, 1.807) is 18.9 Å². The molecular weight excluding hydrogens is 294 g/mol. The zero-order valence-corrected chi connectivity index (χ0v) is 12.7. The molecule has 0 saturated carbocycles. The Morgan fingerprint density at radius 2 is 1.80 bits per heavy atom. The number of anilines is 1. The number of hydrogen-bond donors (Lipinski definition) is 1. The molecule has 106 valence electrons. The van der Waals surface area contributed by atoms with Gasteiger partial charge in [-0.25, -0.2) is 0 Å². The Kier molecular flexibility index (Phi) is 5.44. The molecule has 0 aliphatic carbocycles. The van der Waals surface area contributed by atoms with Crippen LogP contribution in [0, 0.1) is 0 Å². The number of nitrogen functional groups attached to an aromatic ring is 1. The zero-order valence-electron chi connectivity index (χ0n) is 11.1. The van der Waals surface area contributed by atoms with Gasteiger partial charge in [0.15, 0.2) is 0 Å². The number of rotatable bonds is 6. The van der Waals surface area contributed by atoms with Gasteiger partial charge in [-0.15, -0.1) is 11.8 Å². The molecule has 0 spiro atoms. The second-order valence-electron chi connectivity index (χ2n) is 4.03. The molecular formula is C15H16ClNO2S. The van der Waals surface area contributed by atoms with Gasteiger partial charge in [-0.2, -0.15) is 0 Å². The van der Waals surface area contributed by atoms with Gasteiger partial charge in [-0.3, -0.25) is 0 Å². The summed E-state index contributed by atoms with van der Waals surface area (Å²) < 4.78 is 10.7. The highest BCUT2D eigenvalue weighted by Gasteiger charge is 2.05. The van der Waals surface area contributed by atoms with Gasteiger partial charge < -0.3 is 15.2 Å². The van der Waals surface area contributed by atoms with Crippen molar-refractivity contribution in [2.24, 2.45) is 0 Å². The number of hydrogen-bond acceptors (Lipinski definition) is 4. The summed E-state index contributed by atoms with van der Waals surface area (Å²) in [5.74, 6) is 2.41. The Labute approximate surface area is 128 Å². The van der Waals surface area contributed by atoms with Gasteiger partial charge in [0, 0.05) is 16.3 Å². The monoisotopic (exact) mass is 309 g/mol. The smallest absolute Gasteiger partial charge is 0.119 e. The first kappa shape index (κ1) is 14.9. The van der Waals surface area contributed by atoms with Gasteiger partial charge >= 0.3 is 0 Å². The normalized spacial score (nSPS) is 10.3. The third-order valence-electron chi connectivity index (χ3n) is 2.66. The summed E-state index contributed by atoms with van der Waals surface area (Å²) in [6.07, 6.45) is 0. The molecule has 0 aromatic heterocycles. The first-order valence-corrected chi connectivity index (χ1v) is 7.50. The SMILES string of the molecule is COc1ccc(OCCSc2c(N)cccc2Cl)cc1. The van der Waals surface area contributed by atoms with Crippen molar-refractivity contribution in [2.45, 2.75) is 4.90 Å². The van der Waals surface area contributed by atoms with Crippen LogP contribution in [0.5, 0.6) is 11.5 Å². The van der Waals surface area contributed by atoms with Crippen molar-refractivity contribution in [2.75, 3.05) is 25.2 Å². The van der Waals surface area contributed by atoms with Crippen LogP contribution >= 0.6 is 23.4 Å². The van der Waals surface area contributed by atoms with E-state index in [-0.39, 0.29) is 0 Å². The summed E-state index contributed by atoms with van der Waals surface area (Å²) in [5.41, 5.74) is 6.59. The highest BCUT2D eigenvalue weighted by atomic mass is 35.5. The molecule has 0 heterocycles. The predicted molar refractivity (Wildman–Crippen MR) is 85.1 cm³/mol. The van der Waals surface area contributed by atoms with Crippen LogP contribution in [-0.2, 0) is 0 Å². The first-order valence-electron chi connectivity index (χ1n) is 6.14. The van der Waals surface area contributed by atoms with Crippen LogP contribution in [-0.4, -0.2) is 19.5 Å². The molecule has 0 fully saturated rings. The van der Waals surface area contributed by atoms with Crippen LogP contribution in [0.25, 0.3) is 0 Å². The molecule has 0 aliphatic rings. The average molecular weight is 310 g/mol. The molecule has 0 aliphatic heterocycles. The summed E-state index contributed by atoms with van der Waals surface area (Å²) in [5, 5.41) is 0.680. The largest absolute Gasteiger partial charge is 0.497 e. The van der Waals surface area contributed by atoms with Gasteiger partial charge in [-0.1, -0.05) is 17.7 Å². The minimum absolute atomic E-state index is 0.585. The lowest BCUT2D eigenvalue weighted by atomic mass is 10.3. The van der Waals surface area contributed by atoms with Gasteiger partial charge in [0.25, 0.3) is 0 Å². The van der Waals surface area contributed by atoms with E-state index in [1.807, 2.05) is 42.5 Å². The highest BCUT2D eigenvalue weighted by Crippen LogP contribution is 2.32. The van der Waals surface area contributed by atoms with Crippen molar-refractivity contribution >= 4 is 29.1 Å². The molecule has 20 heavy (non-hydrogen) atoms. The van der Waals surface area contributed by atoms with E-state index in [9.17, 15) is 0 Å². The molecule has 0 amide bonds. The maximum atomic E-state index is 6.10. The van der Waals surface area contributed by atoms with E-state index in [0.29, 0.717) is 17.3 Å². The number of thioether (sulfide) groups is 1. The Morgan fingerprint density at radius 1 is 1.10 bits per heavy atom. The van der Waals surface area contributed by atoms with E-state index in [2.05, 4.69) is 0 Å². The molecule has 3 nitrogen and oxygen atoms in total. The topological polar surface area (TPSA) is 44.5 Å². The summed E-state index contributed by atoms with van der Waals surface area (Å²) in [7, 11) is 1.64. The quantitative estimate of drug-likeness (QED) is 0.495. The van der Waals surface area contributed by atoms with Crippen molar-refractivity contribution in [1.29, 1.82) is 0 Å². The van der Waals surface area contributed by atoms with E-state index >= 15 is 0 Å². The summed E-state index contributed by atoms with van der Waals surface area (Å²) >= 11 is 7.70. The number of methoxy groups -OCH3 is 1. The number of benzene rings is 2. The Hall–Kier alpha value is -1.52. The first-order chi connectivity index (χ1) is 9.70. The number of halogens is 1. The zero-order chi connectivity index (χ0) is 14.4. The van der Waals surface area contributed by atoms with Crippen LogP contribution in [0.15, 0.2) is 47.4 Å². The van der Waals surface area contributed by atoms with Crippen LogP contribution in [0.3, 0.4) is 0 Å². The molecule has 0 unspecified atom stereocenters. The Balaban J connectivity index is 1.81. The summed E-state index contributed by atoms with van der Waals surface area (Å²) in [6, 6.07) is 13.0. The molecule has 2 aromatic carbocycles. The fourth-order valence-corrected chi connectivity index (χ4v) is 2.81. The average Bonchev–Trinajstić information content (AvgIpc) is 2.46. The van der Waals surface area contributed by atoms with Gasteiger partial charge in [0.1, 0.15) is 11.5 Å².